The summed E-state index contributed by atoms with van der Waals surface area (Å²) in [6, 6.07) is 10.7. The molecule has 0 radical (unpaired) electrons. The third kappa shape index (κ3) is 3.99. The Balaban J connectivity index is 1.84. The zero-order valence-electron chi connectivity index (χ0n) is 14.5. The highest BCUT2D eigenvalue weighted by molar-refractivity contribution is 7.91. The number of phenols is 1. The Labute approximate surface area is 153 Å². The van der Waals surface area contributed by atoms with Crippen LogP contribution in [0.25, 0.3) is 0 Å². The van der Waals surface area contributed by atoms with Crippen molar-refractivity contribution in [1.82, 2.24) is 4.31 Å². The molecule has 1 aromatic carbocycles. The minimum absolute atomic E-state index is 0.119. The molecule has 0 aliphatic carbocycles. The number of benzene rings is 1. The summed E-state index contributed by atoms with van der Waals surface area (Å²) in [6.07, 6.45) is 0.914. The fourth-order valence-electron chi connectivity index (χ4n) is 3.31. The summed E-state index contributed by atoms with van der Waals surface area (Å²) >= 11 is 1.27. The molecule has 136 valence electrons. The van der Waals surface area contributed by atoms with Crippen LogP contribution in [-0.2, 0) is 10.0 Å². The average Bonchev–Trinajstić information content (AvgIpc) is 3.10. The highest BCUT2D eigenvalue weighted by atomic mass is 32.2. The number of piperazine rings is 1. The van der Waals surface area contributed by atoms with Gasteiger partial charge in [0.2, 0.25) is 0 Å². The van der Waals surface area contributed by atoms with Crippen molar-refractivity contribution in [2.75, 3.05) is 24.5 Å². The molecule has 0 spiro atoms. The highest BCUT2D eigenvalue weighted by Crippen LogP contribution is 2.29. The highest BCUT2D eigenvalue weighted by Gasteiger charge is 2.35. The Bertz CT molecular complexity index is 786. The number of anilines is 1. The zero-order chi connectivity index (χ0) is 18.0. The Morgan fingerprint density at radius 3 is 2.52 bits per heavy atom. The van der Waals surface area contributed by atoms with E-state index in [9.17, 15) is 13.5 Å². The minimum atomic E-state index is -3.41. The number of aromatic hydroxyl groups is 1. The van der Waals surface area contributed by atoms with E-state index in [1.807, 2.05) is 12.1 Å². The number of thiophene rings is 1. The quantitative estimate of drug-likeness (QED) is 0.864. The summed E-state index contributed by atoms with van der Waals surface area (Å²) < 4.78 is 27.7. The molecular formula is C18H24N2O3S2. The van der Waals surface area contributed by atoms with Crippen molar-refractivity contribution in [3.8, 4) is 5.75 Å². The SMILES string of the molecule is CC(C)C[C@H]1CN(S(=O)(=O)c2cccs2)CCN1c1ccc(O)cc1. The lowest BCUT2D eigenvalue weighted by atomic mass is 10.00. The molecule has 0 amide bonds. The van der Waals surface area contributed by atoms with Crippen LogP contribution in [0.15, 0.2) is 46.0 Å². The van der Waals surface area contributed by atoms with Crippen LogP contribution >= 0.6 is 11.3 Å². The van der Waals surface area contributed by atoms with Gasteiger partial charge in [-0.25, -0.2) is 8.42 Å². The van der Waals surface area contributed by atoms with E-state index in [1.165, 1.54) is 11.3 Å². The van der Waals surface area contributed by atoms with Crippen LogP contribution in [-0.4, -0.2) is 43.5 Å². The molecule has 2 aromatic rings. The molecule has 0 saturated carbocycles. The van der Waals surface area contributed by atoms with E-state index in [4.69, 9.17) is 0 Å². The number of sulfonamides is 1. The van der Waals surface area contributed by atoms with Gasteiger partial charge in [-0.2, -0.15) is 4.31 Å². The number of hydrogen-bond donors (Lipinski definition) is 1. The normalized spacial score (nSPS) is 19.5. The van der Waals surface area contributed by atoms with Gasteiger partial charge in [-0.15, -0.1) is 11.3 Å². The molecule has 1 aliphatic heterocycles. The Morgan fingerprint density at radius 1 is 1.20 bits per heavy atom. The molecule has 0 unspecified atom stereocenters. The van der Waals surface area contributed by atoms with Gasteiger partial charge in [0.15, 0.2) is 0 Å². The second kappa shape index (κ2) is 7.35. The molecule has 1 aliphatic rings. The zero-order valence-corrected chi connectivity index (χ0v) is 16.1. The van der Waals surface area contributed by atoms with Crippen LogP contribution in [0.2, 0.25) is 0 Å². The second-order valence-corrected chi connectivity index (χ2v) is 9.90. The molecule has 1 N–H and O–H groups in total. The maximum Gasteiger partial charge on any atom is 0.252 e. The van der Waals surface area contributed by atoms with Crippen LogP contribution in [0.5, 0.6) is 5.75 Å². The molecule has 3 rings (SSSR count). The molecule has 25 heavy (non-hydrogen) atoms. The van der Waals surface area contributed by atoms with Crippen LogP contribution in [0.1, 0.15) is 20.3 Å². The van der Waals surface area contributed by atoms with Crippen LogP contribution in [0.3, 0.4) is 0 Å². The van der Waals surface area contributed by atoms with Crippen molar-refractivity contribution in [3.05, 3.63) is 41.8 Å². The predicted octanol–water partition coefficient (Wildman–Crippen LogP) is 3.38. The smallest absolute Gasteiger partial charge is 0.252 e. The minimum Gasteiger partial charge on any atom is -0.508 e. The van der Waals surface area contributed by atoms with Gasteiger partial charge >= 0.3 is 0 Å². The van der Waals surface area contributed by atoms with E-state index in [0.29, 0.717) is 29.8 Å². The summed E-state index contributed by atoms with van der Waals surface area (Å²) in [5, 5.41) is 11.3. The first kappa shape index (κ1) is 18.2. The third-order valence-electron chi connectivity index (χ3n) is 4.46. The first-order valence-corrected chi connectivity index (χ1v) is 10.8. The van der Waals surface area contributed by atoms with Crippen molar-refractivity contribution in [3.63, 3.8) is 0 Å². The maximum absolute atomic E-state index is 12.9. The molecule has 5 nitrogen and oxygen atoms in total. The van der Waals surface area contributed by atoms with E-state index in [2.05, 4.69) is 18.7 Å². The van der Waals surface area contributed by atoms with Crippen LogP contribution < -0.4 is 4.90 Å². The first-order chi connectivity index (χ1) is 11.9. The first-order valence-electron chi connectivity index (χ1n) is 8.47. The number of phenolic OH excluding ortho intramolecular Hbond substituents is 1. The maximum atomic E-state index is 12.9. The van der Waals surface area contributed by atoms with Crippen molar-refractivity contribution >= 4 is 27.0 Å². The summed E-state index contributed by atoms with van der Waals surface area (Å²) in [4.78, 5) is 2.26. The van der Waals surface area contributed by atoms with Gasteiger partial charge in [-0.3, -0.25) is 0 Å². The van der Waals surface area contributed by atoms with Crippen molar-refractivity contribution < 1.29 is 13.5 Å². The number of hydrogen-bond acceptors (Lipinski definition) is 5. The molecular weight excluding hydrogens is 356 g/mol. The monoisotopic (exact) mass is 380 g/mol. The van der Waals surface area contributed by atoms with Gasteiger partial charge in [0.05, 0.1) is 0 Å². The molecule has 1 fully saturated rings. The molecule has 2 heterocycles. The number of rotatable bonds is 5. The molecule has 1 saturated heterocycles. The fourth-order valence-corrected chi connectivity index (χ4v) is 5.93. The topological polar surface area (TPSA) is 60.9 Å². The van der Waals surface area contributed by atoms with Crippen molar-refractivity contribution in [2.24, 2.45) is 5.92 Å². The predicted molar refractivity (Wildman–Crippen MR) is 102 cm³/mol. The summed E-state index contributed by atoms with van der Waals surface area (Å²) in [6.45, 7) is 5.91. The lowest BCUT2D eigenvalue weighted by Gasteiger charge is -2.42. The van der Waals surface area contributed by atoms with Crippen molar-refractivity contribution in [1.29, 1.82) is 0 Å². The summed E-state index contributed by atoms with van der Waals surface area (Å²) in [5.74, 6) is 0.706. The Hall–Kier alpha value is -1.57. The molecule has 1 atom stereocenters. The van der Waals surface area contributed by atoms with E-state index in [0.717, 1.165) is 12.1 Å². The molecule has 7 heteroatoms. The van der Waals surface area contributed by atoms with Gasteiger partial charge in [-0.05, 0) is 48.1 Å². The van der Waals surface area contributed by atoms with Crippen LogP contribution in [0.4, 0.5) is 5.69 Å². The lowest BCUT2D eigenvalue weighted by Crippen LogP contribution is -2.55. The lowest BCUT2D eigenvalue weighted by molar-refractivity contribution is 0.306. The molecule has 1 aromatic heterocycles. The van der Waals surface area contributed by atoms with Crippen molar-refractivity contribution in [2.45, 2.75) is 30.5 Å². The summed E-state index contributed by atoms with van der Waals surface area (Å²) in [7, 11) is -3.41. The Morgan fingerprint density at radius 2 is 1.92 bits per heavy atom. The van der Waals surface area contributed by atoms with Crippen LogP contribution in [0, 0.1) is 5.92 Å². The second-order valence-electron chi connectivity index (χ2n) is 6.79. The van der Waals surface area contributed by atoms with E-state index < -0.39 is 10.0 Å². The van der Waals surface area contributed by atoms with E-state index in [1.54, 1.807) is 34.0 Å². The largest absolute Gasteiger partial charge is 0.508 e. The molecule has 0 bridgehead atoms. The number of nitrogens with zero attached hydrogens (tertiary/aromatic N) is 2. The standard InChI is InChI=1S/C18H24N2O3S2/c1-14(2)12-16-13-19(25(22,23)18-4-3-11-24-18)9-10-20(16)15-5-7-17(21)8-6-15/h3-8,11,14,16,21H,9-10,12-13H2,1-2H3/t16-/m0/s1. The van der Waals surface area contributed by atoms with Gasteiger partial charge in [0.1, 0.15) is 9.96 Å². The van der Waals surface area contributed by atoms with E-state index in [-0.39, 0.29) is 11.8 Å². The summed E-state index contributed by atoms with van der Waals surface area (Å²) in [5.41, 5.74) is 1.02. The third-order valence-corrected chi connectivity index (χ3v) is 7.70. The van der Waals surface area contributed by atoms with E-state index >= 15 is 0 Å². The van der Waals surface area contributed by atoms with Gasteiger partial charge in [0, 0.05) is 31.4 Å². The average molecular weight is 381 g/mol. The Kier molecular flexibility index (Phi) is 5.36. The van der Waals surface area contributed by atoms with Gasteiger partial charge < -0.3 is 10.0 Å². The fraction of sp³-hybridized carbons (Fsp3) is 0.444. The van der Waals surface area contributed by atoms with Gasteiger partial charge in [-0.1, -0.05) is 19.9 Å². The van der Waals surface area contributed by atoms with Gasteiger partial charge in [0.25, 0.3) is 10.0 Å².